The maximum absolute atomic E-state index is 13.1. The Labute approximate surface area is 125 Å². The molecule has 3 atom stereocenters. The zero-order valence-electron chi connectivity index (χ0n) is 11.3. The Kier molecular flexibility index (Phi) is 5.15. The molecular formula is C15H17ClF4O. The van der Waals surface area contributed by atoms with Crippen LogP contribution in [0.1, 0.15) is 31.2 Å². The lowest BCUT2D eigenvalue weighted by molar-refractivity contribution is -0.188. The topological polar surface area (TPSA) is 20.2 Å². The van der Waals surface area contributed by atoms with E-state index in [0.717, 1.165) is 0 Å². The Bertz CT molecular complexity index is 489. The molecule has 6 heteroatoms. The van der Waals surface area contributed by atoms with Gasteiger partial charge in [-0.1, -0.05) is 24.1 Å². The van der Waals surface area contributed by atoms with Gasteiger partial charge in [0.1, 0.15) is 5.82 Å². The van der Waals surface area contributed by atoms with Crippen molar-refractivity contribution < 1.29 is 22.7 Å². The van der Waals surface area contributed by atoms with E-state index in [-0.39, 0.29) is 30.2 Å². The van der Waals surface area contributed by atoms with Crippen LogP contribution in [-0.2, 0) is 6.42 Å². The Hall–Kier alpha value is -0.810. The number of benzene rings is 1. The molecule has 3 unspecified atom stereocenters. The van der Waals surface area contributed by atoms with Crippen LogP contribution in [0.15, 0.2) is 18.2 Å². The number of hydrogen-bond donors (Lipinski definition) is 1. The molecule has 1 aromatic carbocycles. The van der Waals surface area contributed by atoms with Gasteiger partial charge in [-0.2, -0.15) is 13.2 Å². The highest BCUT2D eigenvalue weighted by molar-refractivity contribution is 6.30. The van der Waals surface area contributed by atoms with Crippen molar-refractivity contribution in [3.8, 4) is 0 Å². The minimum atomic E-state index is -4.20. The number of hydrogen-bond acceptors (Lipinski definition) is 1. The van der Waals surface area contributed by atoms with Crippen molar-refractivity contribution in [3.63, 3.8) is 0 Å². The highest BCUT2D eigenvalue weighted by Gasteiger charge is 2.43. The number of halogens is 5. The van der Waals surface area contributed by atoms with E-state index in [1.54, 1.807) is 0 Å². The summed E-state index contributed by atoms with van der Waals surface area (Å²) in [5, 5.41) is 10.1. The molecular weight excluding hydrogens is 308 g/mol. The van der Waals surface area contributed by atoms with Crippen LogP contribution in [-0.4, -0.2) is 17.4 Å². The number of alkyl halides is 3. The summed E-state index contributed by atoms with van der Waals surface area (Å²) in [5.41, 5.74) is 0.628. The molecule has 0 radical (unpaired) electrons. The summed E-state index contributed by atoms with van der Waals surface area (Å²) in [7, 11) is 0. The molecule has 1 fully saturated rings. The molecule has 0 aliphatic heterocycles. The van der Waals surface area contributed by atoms with Crippen LogP contribution >= 0.6 is 11.6 Å². The van der Waals surface area contributed by atoms with Gasteiger partial charge in [0, 0.05) is 0 Å². The van der Waals surface area contributed by atoms with E-state index in [9.17, 15) is 22.7 Å². The quantitative estimate of drug-likeness (QED) is 0.795. The zero-order valence-corrected chi connectivity index (χ0v) is 12.1. The van der Waals surface area contributed by atoms with Crippen molar-refractivity contribution in [2.45, 2.75) is 44.4 Å². The minimum Gasteiger partial charge on any atom is -0.392 e. The van der Waals surface area contributed by atoms with E-state index in [2.05, 4.69) is 0 Å². The second-order valence-corrected chi connectivity index (χ2v) is 6.09. The van der Waals surface area contributed by atoms with Crippen molar-refractivity contribution in [2.24, 2.45) is 11.8 Å². The smallest absolute Gasteiger partial charge is 0.391 e. The fraction of sp³-hybridized carbons (Fsp3) is 0.600. The van der Waals surface area contributed by atoms with Gasteiger partial charge in [-0.3, -0.25) is 0 Å². The van der Waals surface area contributed by atoms with Crippen molar-refractivity contribution in [2.75, 3.05) is 0 Å². The van der Waals surface area contributed by atoms with Crippen molar-refractivity contribution >= 4 is 11.6 Å². The summed E-state index contributed by atoms with van der Waals surface area (Å²) >= 11 is 5.66. The van der Waals surface area contributed by atoms with Gasteiger partial charge in [0.05, 0.1) is 17.0 Å². The molecule has 1 aliphatic carbocycles. The molecule has 118 valence electrons. The monoisotopic (exact) mass is 324 g/mol. The highest BCUT2D eigenvalue weighted by atomic mass is 35.5. The summed E-state index contributed by atoms with van der Waals surface area (Å²) in [6.07, 6.45) is -3.73. The Morgan fingerprint density at radius 1 is 1.29 bits per heavy atom. The maximum atomic E-state index is 13.1. The average Bonchev–Trinajstić information content (AvgIpc) is 2.42. The predicted molar refractivity (Wildman–Crippen MR) is 72.6 cm³/mol. The number of aliphatic hydroxyl groups is 1. The highest BCUT2D eigenvalue weighted by Crippen LogP contribution is 2.41. The normalized spacial score (nSPS) is 24.9. The molecule has 2 rings (SSSR count). The first-order valence-electron chi connectivity index (χ1n) is 6.96. The molecule has 0 aromatic heterocycles. The fourth-order valence-corrected chi connectivity index (χ4v) is 3.15. The molecule has 1 aromatic rings. The molecule has 1 N–H and O–H groups in total. The first-order valence-corrected chi connectivity index (χ1v) is 7.34. The number of aliphatic hydroxyl groups excluding tert-OH is 1. The van der Waals surface area contributed by atoms with Crippen LogP contribution in [0.5, 0.6) is 0 Å². The van der Waals surface area contributed by atoms with Crippen LogP contribution in [0.2, 0.25) is 5.02 Å². The van der Waals surface area contributed by atoms with E-state index in [0.29, 0.717) is 18.4 Å². The third-order valence-corrected chi connectivity index (χ3v) is 4.44. The maximum Gasteiger partial charge on any atom is 0.391 e. The van der Waals surface area contributed by atoms with Gasteiger partial charge in [0.2, 0.25) is 0 Å². The second-order valence-electron chi connectivity index (χ2n) is 5.69. The summed E-state index contributed by atoms with van der Waals surface area (Å²) in [6.45, 7) is 0. The molecule has 0 heterocycles. The van der Waals surface area contributed by atoms with Crippen molar-refractivity contribution in [1.29, 1.82) is 0 Å². The van der Waals surface area contributed by atoms with Gasteiger partial charge in [-0.15, -0.1) is 0 Å². The van der Waals surface area contributed by atoms with Crippen LogP contribution < -0.4 is 0 Å². The minimum absolute atomic E-state index is 0.0421. The lowest BCUT2D eigenvalue weighted by atomic mass is 9.77. The third-order valence-electron chi connectivity index (χ3n) is 4.15. The summed E-state index contributed by atoms with van der Waals surface area (Å²) in [6, 6.07) is 4.10. The van der Waals surface area contributed by atoms with E-state index >= 15 is 0 Å². The van der Waals surface area contributed by atoms with Gasteiger partial charge < -0.3 is 5.11 Å². The van der Waals surface area contributed by atoms with Gasteiger partial charge in [-0.25, -0.2) is 4.39 Å². The van der Waals surface area contributed by atoms with E-state index in [4.69, 9.17) is 11.6 Å². The number of rotatable bonds is 3. The molecule has 0 amide bonds. The van der Waals surface area contributed by atoms with Gasteiger partial charge in [0.15, 0.2) is 0 Å². The summed E-state index contributed by atoms with van der Waals surface area (Å²) < 4.78 is 51.3. The zero-order chi connectivity index (χ0) is 15.6. The Balaban J connectivity index is 1.99. The summed E-state index contributed by atoms with van der Waals surface area (Å²) in [5.74, 6) is -2.26. The molecule has 1 nitrogen and oxygen atoms in total. The first-order chi connectivity index (χ1) is 9.77. The predicted octanol–water partition coefficient (Wildman–Crippen LogP) is 4.75. The molecule has 1 saturated carbocycles. The molecule has 0 bridgehead atoms. The van der Waals surface area contributed by atoms with E-state index in [1.807, 2.05) is 0 Å². The van der Waals surface area contributed by atoms with Crippen molar-refractivity contribution in [3.05, 3.63) is 34.6 Å². The van der Waals surface area contributed by atoms with Gasteiger partial charge in [0.25, 0.3) is 0 Å². The lowest BCUT2D eigenvalue weighted by Gasteiger charge is -2.33. The van der Waals surface area contributed by atoms with Crippen LogP contribution in [0.25, 0.3) is 0 Å². The van der Waals surface area contributed by atoms with Crippen LogP contribution in [0, 0.1) is 17.7 Å². The van der Waals surface area contributed by atoms with Gasteiger partial charge in [-0.05, 0) is 49.3 Å². The van der Waals surface area contributed by atoms with Crippen molar-refractivity contribution in [1.82, 2.24) is 0 Å². The second kappa shape index (κ2) is 6.53. The first kappa shape index (κ1) is 16.6. The molecule has 0 spiro atoms. The average molecular weight is 325 g/mol. The van der Waals surface area contributed by atoms with E-state index < -0.39 is 24.0 Å². The largest absolute Gasteiger partial charge is 0.392 e. The molecule has 1 aliphatic rings. The van der Waals surface area contributed by atoms with Crippen LogP contribution in [0.3, 0.4) is 0 Å². The van der Waals surface area contributed by atoms with Crippen LogP contribution in [0.4, 0.5) is 17.6 Å². The standard InChI is InChI=1S/C15H17ClF4O/c16-12-6-9(4-5-13(12)17)7-14(21)10-2-1-3-11(8-10)15(18,19)20/h4-6,10-11,14,21H,1-3,7-8H2. The fourth-order valence-electron chi connectivity index (χ4n) is 2.95. The molecule has 21 heavy (non-hydrogen) atoms. The Morgan fingerprint density at radius 2 is 2.00 bits per heavy atom. The Morgan fingerprint density at radius 3 is 2.62 bits per heavy atom. The lowest BCUT2D eigenvalue weighted by Crippen LogP contribution is -2.34. The summed E-state index contributed by atoms with van der Waals surface area (Å²) in [4.78, 5) is 0. The molecule has 0 saturated heterocycles. The SMILES string of the molecule is OC(Cc1ccc(F)c(Cl)c1)C1CCCC(C(F)(F)F)C1. The van der Waals surface area contributed by atoms with E-state index in [1.165, 1.54) is 18.2 Å². The third kappa shape index (κ3) is 4.33. The van der Waals surface area contributed by atoms with Gasteiger partial charge >= 0.3 is 6.18 Å².